The molecule has 7 amide bonds. The van der Waals surface area contributed by atoms with Crippen molar-refractivity contribution in [3.8, 4) is 5.75 Å². The molecule has 5 atom stereocenters. The number of alkyl carbamates (subject to hydrolysis) is 1. The predicted octanol–water partition coefficient (Wildman–Crippen LogP) is 3.73. The summed E-state index contributed by atoms with van der Waals surface area (Å²) in [5.74, 6) is -4.19. The minimum atomic E-state index is -1.35. The van der Waals surface area contributed by atoms with Crippen molar-refractivity contribution in [1.82, 2.24) is 51.8 Å². The molecule has 0 aliphatic rings. The Morgan fingerprint density at radius 3 is 2.12 bits per heavy atom. The van der Waals surface area contributed by atoms with Gasteiger partial charge in [0.15, 0.2) is 0 Å². The second-order valence-corrected chi connectivity index (χ2v) is 22.1. The number of aromatic amines is 2. The number of nitrogens with zero attached hydrogens (tertiary/aromatic N) is 2. The van der Waals surface area contributed by atoms with Gasteiger partial charge in [0.1, 0.15) is 28.1 Å². The third-order valence-corrected chi connectivity index (χ3v) is 15.3. The number of hydrogen-bond acceptors (Lipinski definition) is 13. The van der Waals surface area contributed by atoms with Gasteiger partial charge in [-0.15, -0.1) is 11.3 Å². The first-order valence-corrected chi connectivity index (χ1v) is 27.9. The zero-order chi connectivity index (χ0) is 55.8. The van der Waals surface area contributed by atoms with Crippen LogP contribution in [-0.4, -0.2) is 146 Å². The number of thiazole rings is 1. The Bertz CT molecular complexity index is 3040. The molecule has 410 valence electrons. The number of methoxy groups -OCH3 is 1. The van der Waals surface area contributed by atoms with Gasteiger partial charge in [-0.25, -0.2) is 9.78 Å². The summed E-state index contributed by atoms with van der Waals surface area (Å²) in [6, 6.07) is 16.9. The number of carbonyl (C=O) groups is 8. The van der Waals surface area contributed by atoms with E-state index in [1.54, 1.807) is 66.1 Å². The van der Waals surface area contributed by atoms with E-state index in [1.165, 1.54) is 24.4 Å². The Morgan fingerprint density at radius 2 is 1.40 bits per heavy atom. The molecule has 0 aliphatic carbocycles. The summed E-state index contributed by atoms with van der Waals surface area (Å²) in [6.07, 6.45) is 2.76. The van der Waals surface area contributed by atoms with E-state index in [2.05, 4.69) is 46.9 Å². The van der Waals surface area contributed by atoms with Crippen LogP contribution < -0.4 is 41.1 Å². The van der Waals surface area contributed by atoms with Gasteiger partial charge in [-0.2, -0.15) is 0 Å². The summed E-state index contributed by atoms with van der Waals surface area (Å²) in [6.45, 7) is 9.43. The summed E-state index contributed by atoms with van der Waals surface area (Å²) in [7, 11) is 2.95. The first kappa shape index (κ1) is 58.5. The number of hydrogen-bond donors (Lipinski definition) is 8. The molecule has 0 saturated carbocycles. The molecule has 23 heteroatoms. The molecule has 6 rings (SSSR count). The molecule has 0 bridgehead atoms. The number of ether oxygens (including phenoxy) is 3. The van der Waals surface area contributed by atoms with Crippen molar-refractivity contribution in [2.45, 2.75) is 102 Å². The van der Waals surface area contributed by atoms with Crippen molar-refractivity contribution >= 4 is 100 Å². The van der Waals surface area contributed by atoms with Gasteiger partial charge in [0.2, 0.25) is 5.91 Å². The fourth-order valence-electron chi connectivity index (χ4n) is 8.13. The van der Waals surface area contributed by atoms with Crippen LogP contribution >= 0.6 is 11.3 Å². The molecule has 0 spiro atoms. The molecule has 8 N–H and O–H groups in total. The van der Waals surface area contributed by atoms with E-state index < -0.39 is 89.9 Å². The molecule has 77 heavy (non-hydrogen) atoms. The number of amides is 7. The average Bonchev–Trinajstić information content (AvgIpc) is 4.18. The van der Waals surface area contributed by atoms with Crippen LogP contribution in [0.2, 0.25) is 5.32 Å². The van der Waals surface area contributed by atoms with Crippen LogP contribution in [0.15, 0.2) is 90.6 Å². The van der Waals surface area contributed by atoms with Crippen molar-refractivity contribution in [3.05, 3.63) is 112 Å². The molecule has 0 radical (unpaired) electrons. The number of rotatable bonds is 25. The van der Waals surface area contributed by atoms with Gasteiger partial charge in [-0.3, -0.25) is 9.59 Å². The number of nitrogens with one attached hydrogen (secondary N) is 8. The van der Waals surface area contributed by atoms with Crippen LogP contribution in [0.5, 0.6) is 5.75 Å². The number of fused-ring (bicyclic) bond motifs is 2. The molecule has 3 heterocycles. The first-order valence-electron chi connectivity index (χ1n) is 25.0. The van der Waals surface area contributed by atoms with Gasteiger partial charge in [-0.1, -0.05) is 24.3 Å². The quantitative estimate of drug-likeness (QED) is 0.0301. The van der Waals surface area contributed by atoms with E-state index >= 15 is 0 Å². The molecule has 0 saturated heterocycles. The van der Waals surface area contributed by atoms with Gasteiger partial charge in [0, 0.05) is 46.0 Å². The number of para-hydroxylation sites is 1. The minimum absolute atomic E-state index is 0.0127. The summed E-state index contributed by atoms with van der Waals surface area (Å²) < 4.78 is 17.0. The molecule has 3 aromatic carbocycles. The zero-order valence-corrected chi connectivity index (χ0v) is 46.7. The summed E-state index contributed by atoms with van der Waals surface area (Å²) >= 11 is 0.879. The Kier molecular flexibility index (Phi) is 20.8. The summed E-state index contributed by atoms with van der Waals surface area (Å²) in [5, 5.41) is 20.1. The third kappa shape index (κ3) is 16.6. The van der Waals surface area contributed by atoms with Gasteiger partial charge >= 0.3 is 217 Å². The van der Waals surface area contributed by atoms with Gasteiger partial charge in [0.25, 0.3) is 5.91 Å². The van der Waals surface area contributed by atoms with Crippen LogP contribution in [0.3, 0.4) is 0 Å². The van der Waals surface area contributed by atoms with E-state index in [0.29, 0.717) is 32.8 Å². The number of likely N-dealkylation sites (N-methyl/N-ethyl adjacent to an activating group) is 1. The van der Waals surface area contributed by atoms with Crippen molar-refractivity contribution < 1.29 is 52.6 Å². The van der Waals surface area contributed by atoms with E-state index in [9.17, 15) is 38.4 Å². The number of benzene rings is 3. The molecule has 21 nitrogen and oxygen atoms in total. The number of H-pyrrole nitrogens is 2. The molecule has 0 fully saturated rings. The fourth-order valence-corrected chi connectivity index (χ4v) is 10.9. The maximum atomic E-state index is 14.7. The van der Waals surface area contributed by atoms with Crippen LogP contribution in [0, 0.1) is 0 Å². The first-order chi connectivity index (χ1) is 36.8. The molecular weight excluding hydrogens is 1080 g/mol. The van der Waals surface area contributed by atoms with Gasteiger partial charge in [-0.05, 0) is 57.0 Å². The van der Waals surface area contributed by atoms with Crippen molar-refractivity contribution in [2.75, 3.05) is 33.9 Å². The number of aromatic nitrogens is 3. The Morgan fingerprint density at radius 1 is 0.753 bits per heavy atom. The summed E-state index contributed by atoms with van der Waals surface area (Å²) in [5.41, 5.74) is 2.04. The molecular formula is C54H66N10O11SSe. The summed E-state index contributed by atoms with van der Waals surface area (Å²) in [4.78, 5) is 121. The van der Waals surface area contributed by atoms with Gasteiger partial charge in [0.05, 0.1) is 13.2 Å². The monoisotopic (exact) mass is 1140 g/mol. The second-order valence-electron chi connectivity index (χ2n) is 18.9. The Balaban J connectivity index is 1.20. The maximum absolute atomic E-state index is 14.7. The van der Waals surface area contributed by atoms with Crippen molar-refractivity contribution in [3.63, 3.8) is 0 Å². The smallest absolute Gasteiger partial charge is 0.496 e. The van der Waals surface area contributed by atoms with E-state index in [4.69, 9.17) is 14.2 Å². The van der Waals surface area contributed by atoms with Crippen molar-refractivity contribution in [2.24, 2.45) is 0 Å². The second kappa shape index (κ2) is 27.3. The number of esters is 1. The SMILES string of the molecule is CCOC(=O)CN(C)C(=O)[C@H](C[Se]c1ccccc1)NC(=O)[C@@H](CC)NC(=O)CNC(=O)[C@H](Cc1c[nH]c2cccc(OC)c12)NC(=O)[C@H](Cc1c[nH]c2ccccc12)NC(=O)c1csc([C@@H](C)NC(=O)OC(C)(C)C)n1. The van der Waals surface area contributed by atoms with E-state index in [1.807, 2.05) is 60.7 Å². The van der Waals surface area contributed by atoms with Crippen molar-refractivity contribution in [1.29, 1.82) is 0 Å². The standard InChI is InChI=1S/C54H66N10O11SSe/c1-9-36(48(68)62-42(30-77-34-17-12-11-13-18-34)52(71)64(7)28-45(66)74-10-2)59-44(65)27-57-47(67)39(24-33-26-56-38-21-16-22-43(73-8)46(33)38)60-49(69)40(23-32-25-55-37-20-15-14-19-35(32)37)61-50(70)41-29-76-51(63-41)31(3)58-53(72)75-54(4,5)6/h11-22,25-26,29,31,36,39-40,42,55-56H,9-10,23-24,27-28,30H2,1-8H3,(H,57,67)(H,58,72)(H,59,65)(H,60,69)(H,61,70)(H,62,68)/t31-,36-,39+,40+,42+/m1/s1. The van der Waals surface area contributed by atoms with Crippen LogP contribution in [0.25, 0.3) is 21.8 Å². The molecule has 0 aliphatic heterocycles. The normalized spacial score (nSPS) is 13.2. The van der Waals surface area contributed by atoms with E-state index in [-0.39, 0.29) is 58.4 Å². The molecule has 3 aromatic heterocycles. The Labute approximate surface area is 456 Å². The van der Waals surface area contributed by atoms with Gasteiger partial charge < -0.3 is 30.1 Å². The molecule has 0 unspecified atom stereocenters. The topological polar surface area (TPSA) is 284 Å². The fraction of sp³-hybridized carbons (Fsp3) is 0.389. The van der Waals surface area contributed by atoms with Crippen LogP contribution in [0.1, 0.15) is 80.6 Å². The average molecular weight is 1140 g/mol. The number of carbonyl (C=O) groups excluding carboxylic acids is 8. The van der Waals surface area contributed by atoms with Crippen LogP contribution in [-0.2, 0) is 51.1 Å². The zero-order valence-electron chi connectivity index (χ0n) is 44.2. The predicted molar refractivity (Wildman–Crippen MR) is 292 cm³/mol. The molecule has 6 aromatic rings. The third-order valence-electron chi connectivity index (χ3n) is 11.9. The van der Waals surface area contributed by atoms with E-state index in [0.717, 1.165) is 26.7 Å². The van der Waals surface area contributed by atoms with Crippen LogP contribution in [0.4, 0.5) is 4.79 Å². The minimum Gasteiger partial charge on any atom is -0.496 e. The Hall–Kier alpha value is -7.75.